The summed E-state index contributed by atoms with van der Waals surface area (Å²) in [6, 6.07) is 4.25. The molecule has 0 aliphatic rings. The minimum Gasteiger partial charge on any atom is -0.466 e. The van der Waals surface area contributed by atoms with Gasteiger partial charge in [0, 0.05) is 24.2 Å². The summed E-state index contributed by atoms with van der Waals surface area (Å²) in [7, 11) is 0. The van der Waals surface area contributed by atoms with Crippen molar-refractivity contribution >= 4 is 23.6 Å². The first-order valence-corrected chi connectivity index (χ1v) is 8.37. The van der Waals surface area contributed by atoms with Gasteiger partial charge in [-0.15, -0.1) is 0 Å². The van der Waals surface area contributed by atoms with Gasteiger partial charge in [0.2, 0.25) is 0 Å². The lowest BCUT2D eigenvalue weighted by molar-refractivity contribution is -0.384. The molecule has 0 aliphatic heterocycles. The van der Waals surface area contributed by atoms with Crippen LogP contribution in [-0.2, 0) is 9.53 Å². The van der Waals surface area contributed by atoms with Crippen molar-refractivity contribution in [2.75, 3.05) is 13.2 Å². The van der Waals surface area contributed by atoms with Gasteiger partial charge in [0.25, 0.3) is 11.6 Å². The van der Waals surface area contributed by atoms with E-state index >= 15 is 0 Å². The molecule has 0 heterocycles. The topological polar surface area (TPSA) is 98.5 Å². The van der Waals surface area contributed by atoms with Crippen LogP contribution in [0, 0.1) is 10.1 Å². The first kappa shape index (κ1) is 20.3. The molecule has 0 fully saturated rings. The molecule has 1 rings (SSSR count). The number of unbranched alkanes of at least 4 members (excludes halogenated alkanes) is 2. The zero-order chi connectivity index (χ0) is 18.7. The van der Waals surface area contributed by atoms with Gasteiger partial charge >= 0.3 is 5.97 Å². The number of amides is 1. The Morgan fingerprint density at radius 3 is 2.68 bits per heavy atom. The molecule has 0 spiro atoms. The number of hydrogen-bond donors (Lipinski definition) is 1. The molecule has 0 atom stereocenters. The number of ether oxygens (including phenoxy) is 1. The molecule has 1 aromatic rings. The number of carbonyl (C=O) groups excluding carboxylic acids is 2. The Labute approximate surface area is 147 Å². The smallest absolute Gasteiger partial charge is 0.307 e. The first-order chi connectivity index (χ1) is 12.0. The summed E-state index contributed by atoms with van der Waals surface area (Å²) in [6.07, 6.45) is 6.74. The largest absolute Gasteiger partial charge is 0.466 e. The van der Waals surface area contributed by atoms with Gasteiger partial charge in [-0.2, -0.15) is 0 Å². The van der Waals surface area contributed by atoms with Crippen LogP contribution in [0.25, 0.3) is 6.08 Å². The zero-order valence-electron chi connectivity index (χ0n) is 14.6. The van der Waals surface area contributed by atoms with Crippen LogP contribution < -0.4 is 5.32 Å². The van der Waals surface area contributed by atoms with Crippen molar-refractivity contribution in [3.63, 3.8) is 0 Å². The van der Waals surface area contributed by atoms with Crippen molar-refractivity contribution in [3.8, 4) is 0 Å². The number of nitrogens with zero attached hydrogens (tertiary/aromatic N) is 1. The molecule has 0 bridgehead atoms. The lowest BCUT2D eigenvalue weighted by atomic mass is 10.1. The van der Waals surface area contributed by atoms with Gasteiger partial charge in [0.1, 0.15) is 0 Å². The van der Waals surface area contributed by atoms with E-state index in [1.165, 1.54) is 12.1 Å². The third kappa shape index (κ3) is 7.60. The van der Waals surface area contributed by atoms with Gasteiger partial charge in [-0.25, -0.2) is 0 Å². The molecule has 7 nitrogen and oxygen atoms in total. The third-order valence-electron chi connectivity index (χ3n) is 3.37. The predicted molar refractivity (Wildman–Crippen MR) is 95.2 cm³/mol. The molecule has 1 aromatic carbocycles. The number of carbonyl (C=O) groups is 2. The maximum absolute atomic E-state index is 12.2. The monoisotopic (exact) mass is 348 g/mol. The van der Waals surface area contributed by atoms with Gasteiger partial charge in [-0.05, 0) is 25.0 Å². The number of non-ortho nitro benzene ring substituents is 1. The molecule has 1 N–H and O–H groups in total. The fourth-order valence-electron chi connectivity index (χ4n) is 2.12. The zero-order valence-corrected chi connectivity index (χ0v) is 14.6. The second-order valence-electron chi connectivity index (χ2n) is 5.43. The minimum atomic E-state index is -0.529. The number of hydrogen-bond acceptors (Lipinski definition) is 5. The highest BCUT2D eigenvalue weighted by Crippen LogP contribution is 2.19. The first-order valence-electron chi connectivity index (χ1n) is 8.37. The van der Waals surface area contributed by atoms with Crippen LogP contribution in [0.5, 0.6) is 0 Å². The van der Waals surface area contributed by atoms with Gasteiger partial charge in [-0.3, -0.25) is 19.7 Å². The molecule has 1 amide bonds. The van der Waals surface area contributed by atoms with E-state index in [2.05, 4.69) is 12.2 Å². The van der Waals surface area contributed by atoms with Crippen LogP contribution in [0.3, 0.4) is 0 Å². The van der Waals surface area contributed by atoms with E-state index in [-0.39, 0.29) is 30.8 Å². The molecule has 0 saturated carbocycles. The predicted octanol–water partition coefficient (Wildman–Crippen LogP) is 3.48. The van der Waals surface area contributed by atoms with E-state index < -0.39 is 16.8 Å². The Hall–Kier alpha value is -2.70. The molecule has 0 saturated heterocycles. The molecule has 7 heteroatoms. The number of nitrogens with one attached hydrogen (secondary N) is 1. The van der Waals surface area contributed by atoms with Gasteiger partial charge < -0.3 is 10.1 Å². The SMILES string of the molecule is CCCCC=Cc1cc(C(=O)NCCC(=O)OCC)cc([N+](=O)[O-])c1. The van der Waals surface area contributed by atoms with Gasteiger partial charge in [0.15, 0.2) is 0 Å². The highest BCUT2D eigenvalue weighted by molar-refractivity contribution is 5.95. The summed E-state index contributed by atoms with van der Waals surface area (Å²) in [4.78, 5) is 34.0. The van der Waals surface area contributed by atoms with Crippen molar-refractivity contribution in [1.29, 1.82) is 0 Å². The van der Waals surface area contributed by atoms with Gasteiger partial charge in [0.05, 0.1) is 18.0 Å². The number of nitro groups is 1. The van der Waals surface area contributed by atoms with Crippen molar-refractivity contribution in [2.24, 2.45) is 0 Å². The Morgan fingerprint density at radius 2 is 2.04 bits per heavy atom. The standard InChI is InChI=1S/C18H24N2O5/c1-3-5-6-7-8-14-11-15(13-16(12-14)20(23)24)18(22)19-10-9-17(21)25-4-2/h7-8,11-13H,3-6,9-10H2,1-2H3,(H,19,22). The normalized spacial score (nSPS) is 10.6. The maximum Gasteiger partial charge on any atom is 0.307 e. The van der Waals surface area contributed by atoms with Crippen LogP contribution in [-0.4, -0.2) is 30.0 Å². The molecular weight excluding hydrogens is 324 g/mol. The van der Waals surface area contributed by atoms with Crippen LogP contribution in [0.2, 0.25) is 0 Å². The Kier molecular flexibility index (Phi) is 8.92. The Bertz CT molecular complexity index is 640. The second kappa shape index (κ2) is 11.0. The lowest BCUT2D eigenvalue weighted by Crippen LogP contribution is -2.26. The Morgan fingerprint density at radius 1 is 1.28 bits per heavy atom. The minimum absolute atomic E-state index is 0.0539. The van der Waals surface area contributed by atoms with E-state index in [0.717, 1.165) is 19.3 Å². The Balaban J connectivity index is 2.80. The van der Waals surface area contributed by atoms with Crippen LogP contribution in [0.4, 0.5) is 5.69 Å². The van der Waals surface area contributed by atoms with E-state index in [9.17, 15) is 19.7 Å². The number of allylic oxidation sites excluding steroid dienone is 1. The van der Waals surface area contributed by atoms with Crippen molar-refractivity contribution in [1.82, 2.24) is 5.32 Å². The quantitative estimate of drug-likeness (QED) is 0.302. The highest BCUT2D eigenvalue weighted by Gasteiger charge is 2.14. The number of nitro benzene ring substituents is 1. The average molecular weight is 348 g/mol. The third-order valence-corrected chi connectivity index (χ3v) is 3.37. The summed E-state index contributed by atoms with van der Waals surface area (Å²) < 4.78 is 4.77. The van der Waals surface area contributed by atoms with E-state index in [0.29, 0.717) is 5.56 Å². The molecule has 0 aromatic heterocycles. The fourth-order valence-corrected chi connectivity index (χ4v) is 2.12. The summed E-state index contributed by atoms with van der Waals surface area (Å²) in [5.41, 5.74) is 0.641. The summed E-state index contributed by atoms with van der Waals surface area (Å²) in [5.74, 6) is -0.863. The second-order valence-corrected chi connectivity index (χ2v) is 5.43. The number of benzene rings is 1. The van der Waals surface area contributed by atoms with E-state index in [1.54, 1.807) is 19.1 Å². The van der Waals surface area contributed by atoms with Crippen LogP contribution in [0.15, 0.2) is 24.3 Å². The average Bonchev–Trinajstić information content (AvgIpc) is 2.58. The summed E-state index contributed by atoms with van der Waals surface area (Å²) >= 11 is 0. The number of esters is 1. The molecule has 0 radical (unpaired) electrons. The molecule has 25 heavy (non-hydrogen) atoms. The summed E-state index contributed by atoms with van der Waals surface area (Å²) in [6.45, 7) is 4.18. The maximum atomic E-state index is 12.2. The van der Waals surface area contributed by atoms with E-state index in [4.69, 9.17) is 4.74 Å². The van der Waals surface area contributed by atoms with Crippen molar-refractivity contribution < 1.29 is 19.2 Å². The molecule has 136 valence electrons. The van der Waals surface area contributed by atoms with E-state index in [1.807, 2.05) is 6.08 Å². The van der Waals surface area contributed by atoms with Crippen LogP contribution in [0.1, 0.15) is 55.5 Å². The molecular formula is C18H24N2O5. The van der Waals surface area contributed by atoms with Gasteiger partial charge in [-0.1, -0.05) is 31.9 Å². The molecule has 0 unspecified atom stereocenters. The molecule has 0 aliphatic carbocycles. The fraction of sp³-hybridized carbons (Fsp3) is 0.444. The lowest BCUT2D eigenvalue weighted by Gasteiger charge is -2.06. The highest BCUT2D eigenvalue weighted by atomic mass is 16.6. The van der Waals surface area contributed by atoms with Crippen LogP contribution >= 0.6 is 0 Å². The van der Waals surface area contributed by atoms with Crippen molar-refractivity contribution in [3.05, 3.63) is 45.5 Å². The number of rotatable bonds is 10. The summed E-state index contributed by atoms with van der Waals surface area (Å²) in [5, 5.41) is 13.6. The van der Waals surface area contributed by atoms with Crippen molar-refractivity contribution in [2.45, 2.75) is 39.5 Å².